The number of amides is 1. The van der Waals surface area contributed by atoms with Gasteiger partial charge in [0.2, 0.25) is 0 Å². The Morgan fingerprint density at radius 2 is 1.28 bits per heavy atom. The molecule has 0 aliphatic carbocycles. The van der Waals surface area contributed by atoms with E-state index in [-0.39, 0.29) is 11.5 Å². The number of likely N-dealkylation sites (N-methyl/N-ethyl adjacent to an activating group) is 1. The number of aromatic nitrogens is 2. The highest BCUT2D eigenvalue weighted by Crippen LogP contribution is 2.35. The third-order valence-corrected chi connectivity index (χ3v) is 7.13. The highest BCUT2D eigenvalue weighted by Gasteiger charge is 2.41. The molecule has 1 fully saturated rings. The maximum atomic E-state index is 13.9. The standard InChI is InChI=1S/C29H26N4O2S/c1-20-24(27(34)33(31(20)3)23-17-11-6-12-18-23)19-25-28(35)32(29(36)30(25)2)26(21-13-7-4-8-14-21)22-15-9-5-10-16-22/h4-19,26H,1-3H3/b25-19+. The molecular weight excluding hydrogens is 468 g/mol. The second kappa shape index (κ2) is 9.43. The Morgan fingerprint density at radius 3 is 1.81 bits per heavy atom. The molecule has 1 aliphatic rings. The van der Waals surface area contributed by atoms with E-state index in [0.717, 1.165) is 22.5 Å². The van der Waals surface area contributed by atoms with Crippen LogP contribution in [0.15, 0.2) is 101 Å². The molecule has 1 amide bonds. The van der Waals surface area contributed by atoms with Gasteiger partial charge in [0.25, 0.3) is 11.5 Å². The van der Waals surface area contributed by atoms with Crippen LogP contribution in [0.5, 0.6) is 0 Å². The number of benzene rings is 3. The van der Waals surface area contributed by atoms with Gasteiger partial charge < -0.3 is 4.90 Å². The molecule has 0 spiro atoms. The van der Waals surface area contributed by atoms with Crippen LogP contribution in [-0.4, -0.2) is 37.2 Å². The van der Waals surface area contributed by atoms with E-state index in [1.54, 1.807) is 32.3 Å². The largest absolute Gasteiger partial charge is 0.317 e. The van der Waals surface area contributed by atoms with E-state index in [1.807, 2.05) is 105 Å². The Kier molecular flexibility index (Phi) is 6.16. The van der Waals surface area contributed by atoms with Crippen molar-refractivity contribution in [3.63, 3.8) is 0 Å². The van der Waals surface area contributed by atoms with Gasteiger partial charge in [-0.05, 0) is 48.5 Å². The van der Waals surface area contributed by atoms with Gasteiger partial charge in [-0.1, -0.05) is 78.9 Å². The first-order valence-electron chi connectivity index (χ1n) is 11.7. The van der Waals surface area contributed by atoms with Crippen LogP contribution < -0.4 is 5.56 Å². The number of hydrogen-bond acceptors (Lipinski definition) is 3. The predicted octanol–water partition coefficient (Wildman–Crippen LogP) is 4.67. The number of para-hydroxylation sites is 1. The Hall–Kier alpha value is -4.23. The lowest BCUT2D eigenvalue weighted by Crippen LogP contribution is -2.35. The van der Waals surface area contributed by atoms with Gasteiger partial charge >= 0.3 is 0 Å². The van der Waals surface area contributed by atoms with Crippen LogP contribution in [0.4, 0.5) is 0 Å². The second-order valence-electron chi connectivity index (χ2n) is 8.75. The summed E-state index contributed by atoms with van der Waals surface area (Å²) in [5, 5.41) is 0.390. The molecule has 1 saturated heterocycles. The molecule has 180 valence electrons. The molecular formula is C29H26N4O2S. The fourth-order valence-electron chi connectivity index (χ4n) is 4.66. The van der Waals surface area contributed by atoms with Crippen LogP contribution in [0.1, 0.15) is 28.4 Å². The van der Waals surface area contributed by atoms with E-state index < -0.39 is 6.04 Å². The van der Waals surface area contributed by atoms with Crippen LogP contribution in [0.25, 0.3) is 11.8 Å². The average molecular weight is 495 g/mol. The van der Waals surface area contributed by atoms with Crippen molar-refractivity contribution in [1.29, 1.82) is 0 Å². The van der Waals surface area contributed by atoms with Gasteiger partial charge in [0.05, 0.1) is 17.3 Å². The van der Waals surface area contributed by atoms with E-state index in [9.17, 15) is 9.59 Å². The molecule has 0 saturated carbocycles. The molecule has 0 unspecified atom stereocenters. The summed E-state index contributed by atoms with van der Waals surface area (Å²) in [4.78, 5) is 30.7. The molecule has 0 radical (unpaired) electrons. The summed E-state index contributed by atoms with van der Waals surface area (Å²) in [5.74, 6) is -0.242. The third kappa shape index (κ3) is 3.87. The average Bonchev–Trinajstić information content (AvgIpc) is 3.25. The number of carbonyl (C=O) groups excluding carboxylic acids is 1. The monoisotopic (exact) mass is 494 g/mol. The number of thiocarbonyl (C=S) groups is 1. The van der Waals surface area contributed by atoms with Crippen LogP contribution in [0, 0.1) is 6.92 Å². The summed E-state index contributed by atoms with van der Waals surface area (Å²) in [6, 6.07) is 28.7. The normalized spacial score (nSPS) is 14.9. The van der Waals surface area contributed by atoms with Crippen LogP contribution in [0.2, 0.25) is 0 Å². The van der Waals surface area contributed by atoms with Gasteiger partial charge in [-0.3, -0.25) is 19.2 Å². The Bertz CT molecular complexity index is 1480. The van der Waals surface area contributed by atoms with E-state index in [4.69, 9.17) is 12.2 Å². The van der Waals surface area contributed by atoms with Crippen molar-refractivity contribution in [2.75, 3.05) is 7.05 Å². The molecule has 7 heteroatoms. The number of hydrogen-bond donors (Lipinski definition) is 0. The molecule has 2 heterocycles. The van der Waals surface area contributed by atoms with Gasteiger partial charge in [-0.15, -0.1) is 0 Å². The number of carbonyl (C=O) groups is 1. The minimum atomic E-state index is -0.390. The minimum Gasteiger partial charge on any atom is -0.317 e. The van der Waals surface area contributed by atoms with Gasteiger partial charge in [0, 0.05) is 19.8 Å². The first-order valence-corrected chi connectivity index (χ1v) is 12.1. The summed E-state index contributed by atoms with van der Waals surface area (Å²) in [5.41, 5.74) is 4.05. The van der Waals surface area contributed by atoms with Crippen molar-refractivity contribution in [3.05, 3.63) is 129 Å². The van der Waals surface area contributed by atoms with Gasteiger partial charge in [0.15, 0.2) is 5.11 Å². The topological polar surface area (TPSA) is 50.5 Å². The van der Waals surface area contributed by atoms with Gasteiger partial charge in [-0.2, -0.15) is 0 Å². The maximum Gasteiger partial charge on any atom is 0.279 e. The fraction of sp³-hybridized carbons (Fsp3) is 0.138. The molecule has 5 rings (SSSR count). The SMILES string of the molecule is Cc1c(/C=C2\C(=O)N(C(c3ccccc3)c3ccccc3)C(=S)N2C)c(=O)n(-c2ccccc2)n1C. The first-order chi connectivity index (χ1) is 17.4. The lowest BCUT2D eigenvalue weighted by molar-refractivity contribution is -0.123. The maximum absolute atomic E-state index is 13.9. The molecule has 6 nitrogen and oxygen atoms in total. The lowest BCUT2D eigenvalue weighted by atomic mass is 9.97. The van der Waals surface area contributed by atoms with Gasteiger partial charge in [0.1, 0.15) is 5.70 Å². The van der Waals surface area contributed by atoms with Gasteiger partial charge in [-0.25, -0.2) is 4.68 Å². The quantitative estimate of drug-likeness (QED) is 0.299. The summed E-state index contributed by atoms with van der Waals surface area (Å²) in [6.45, 7) is 1.87. The smallest absolute Gasteiger partial charge is 0.279 e. The molecule has 0 bridgehead atoms. The Morgan fingerprint density at radius 1 is 0.778 bits per heavy atom. The predicted molar refractivity (Wildman–Crippen MR) is 146 cm³/mol. The molecule has 1 aliphatic heterocycles. The second-order valence-corrected chi connectivity index (χ2v) is 9.11. The lowest BCUT2D eigenvalue weighted by Gasteiger charge is -2.28. The Labute approximate surface area is 215 Å². The van der Waals surface area contributed by atoms with E-state index >= 15 is 0 Å². The molecule has 0 atom stereocenters. The van der Waals surface area contributed by atoms with Crippen molar-refractivity contribution in [2.24, 2.45) is 7.05 Å². The third-order valence-electron chi connectivity index (χ3n) is 6.66. The molecule has 4 aromatic rings. The summed E-state index contributed by atoms with van der Waals surface area (Å²) in [7, 11) is 3.61. The molecule has 1 aromatic heterocycles. The van der Waals surface area contributed by atoms with Crippen LogP contribution in [-0.2, 0) is 11.8 Å². The van der Waals surface area contributed by atoms with Crippen molar-refractivity contribution >= 4 is 29.3 Å². The number of rotatable bonds is 5. The van der Waals surface area contributed by atoms with Crippen molar-refractivity contribution < 1.29 is 4.79 Å². The highest BCUT2D eigenvalue weighted by molar-refractivity contribution is 7.80. The minimum absolute atomic E-state index is 0.193. The van der Waals surface area contributed by atoms with Crippen LogP contribution >= 0.6 is 12.2 Å². The van der Waals surface area contributed by atoms with Crippen molar-refractivity contribution in [1.82, 2.24) is 19.2 Å². The summed E-state index contributed by atoms with van der Waals surface area (Å²) >= 11 is 5.78. The Balaban J connectivity index is 1.62. The van der Waals surface area contributed by atoms with E-state index in [2.05, 4.69) is 0 Å². The first kappa shape index (κ1) is 23.5. The van der Waals surface area contributed by atoms with Crippen molar-refractivity contribution in [2.45, 2.75) is 13.0 Å². The van der Waals surface area contributed by atoms with E-state index in [0.29, 0.717) is 16.4 Å². The zero-order valence-corrected chi connectivity index (χ0v) is 21.1. The highest BCUT2D eigenvalue weighted by atomic mass is 32.1. The molecule has 3 aromatic carbocycles. The van der Waals surface area contributed by atoms with E-state index in [1.165, 1.54) is 0 Å². The zero-order valence-electron chi connectivity index (χ0n) is 20.3. The zero-order chi connectivity index (χ0) is 25.4. The number of nitrogens with zero attached hydrogens (tertiary/aromatic N) is 4. The summed E-state index contributed by atoms with van der Waals surface area (Å²) < 4.78 is 3.41. The summed E-state index contributed by atoms with van der Waals surface area (Å²) in [6.07, 6.45) is 1.67. The molecule has 0 N–H and O–H groups in total. The van der Waals surface area contributed by atoms with Crippen molar-refractivity contribution in [3.8, 4) is 5.69 Å². The fourth-order valence-corrected chi connectivity index (χ4v) is 4.94. The molecule has 36 heavy (non-hydrogen) atoms. The van der Waals surface area contributed by atoms with Crippen LogP contribution in [0.3, 0.4) is 0 Å².